The molecule has 2 amide bonds. The first-order valence-corrected chi connectivity index (χ1v) is 11.7. The molecule has 0 bridgehead atoms. The number of methoxy groups -OCH3 is 1. The molecule has 1 N–H and O–H groups in total. The zero-order chi connectivity index (χ0) is 22.4. The van der Waals surface area contributed by atoms with Crippen LogP contribution in [0.15, 0.2) is 23.1 Å². The normalized spacial score (nSPS) is 19.0. The highest BCUT2D eigenvalue weighted by Crippen LogP contribution is 2.28. The molecule has 2 aliphatic rings. The monoisotopic (exact) mass is 455 g/mol. The van der Waals surface area contributed by atoms with E-state index in [1.807, 2.05) is 0 Å². The number of amides is 2. The number of nitrogens with zero attached hydrogens (tertiary/aromatic N) is 2. The summed E-state index contributed by atoms with van der Waals surface area (Å²) in [5, 5.41) is 2.70. The van der Waals surface area contributed by atoms with Crippen molar-refractivity contribution >= 4 is 21.8 Å². The molecule has 2 heterocycles. The minimum Gasteiger partial charge on any atom is -0.495 e. The average Bonchev–Trinajstić information content (AvgIpc) is 2.79. The number of carbonyl (C=O) groups is 2. The number of sulfonamides is 1. The Hall–Kier alpha value is -2.21. The Kier molecular flexibility index (Phi) is 7.87. The molecule has 3 rings (SSSR count). The molecule has 0 aliphatic carbocycles. The van der Waals surface area contributed by atoms with Crippen molar-refractivity contribution in [2.75, 3.05) is 59.7 Å². The van der Waals surface area contributed by atoms with Crippen molar-refractivity contribution < 1.29 is 32.2 Å². The van der Waals surface area contributed by atoms with Gasteiger partial charge >= 0.3 is 0 Å². The van der Waals surface area contributed by atoms with Gasteiger partial charge in [-0.15, -0.1) is 0 Å². The first kappa shape index (κ1) is 23.5. The highest BCUT2D eigenvalue weighted by atomic mass is 32.2. The molecule has 10 nitrogen and oxygen atoms in total. The summed E-state index contributed by atoms with van der Waals surface area (Å²) in [6.07, 6.45) is -0.0592. The van der Waals surface area contributed by atoms with E-state index in [0.29, 0.717) is 45.1 Å². The fourth-order valence-corrected chi connectivity index (χ4v) is 5.17. The highest BCUT2D eigenvalue weighted by Gasteiger charge is 2.30. The van der Waals surface area contributed by atoms with Gasteiger partial charge in [-0.25, -0.2) is 8.42 Å². The number of morpholine rings is 2. The van der Waals surface area contributed by atoms with Crippen LogP contribution in [0.5, 0.6) is 5.75 Å². The Labute approximate surface area is 182 Å². The van der Waals surface area contributed by atoms with Crippen LogP contribution in [0.2, 0.25) is 0 Å². The maximum atomic E-state index is 13.1. The predicted octanol–water partition coefficient (Wildman–Crippen LogP) is -0.378. The number of hydrogen-bond donors (Lipinski definition) is 1. The van der Waals surface area contributed by atoms with Crippen LogP contribution < -0.4 is 10.1 Å². The standard InChI is InChI=1S/C20H29N3O7S/c1-15(20(25)22-5-9-29-10-6-22)21-19(24)14-16-3-4-17(28-2)18(13-16)31(26,27)23-7-11-30-12-8-23/h3-4,13,15H,5-12,14H2,1-2H3,(H,21,24). The summed E-state index contributed by atoms with van der Waals surface area (Å²) < 4.78 is 43.2. The number of ether oxygens (including phenoxy) is 3. The van der Waals surface area contributed by atoms with Crippen LogP contribution in [-0.4, -0.2) is 95.2 Å². The zero-order valence-electron chi connectivity index (χ0n) is 17.8. The predicted molar refractivity (Wildman–Crippen MR) is 111 cm³/mol. The first-order chi connectivity index (χ1) is 14.8. The number of hydrogen-bond acceptors (Lipinski definition) is 7. The Balaban J connectivity index is 1.69. The van der Waals surface area contributed by atoms with E-state index in [2.05, 4.69) is 5.32 Å². The van der Waals surface area contributed by atoms with Crippen molar-refractivity contribution in [2.24, 2.45) is 0 Å². The molecule has 1 aromatic rings. The van der Waals surface area contributed by atoms with Gasteiger partial charge in [0.15, 0.2) is 0 Å². The zero-order valence-corrected chi connectivity index (χ0v) is 18.7. The molecule has 1 aromatic carbocycles. The molecule has 2 saturated heterocycles. The van der Waals surface area contributed by atoms with Gasteiger partial charge in [0.1, 0.15) is 16.7 Å². The Morgan fingerprint density at radius 1 is 1.10 bits per heavy atom. The second kappa shape index (κ2) is 10.4. The number of rotatable bonds is 7. The van der Waals surface area contributed by atoms with Gasteiger partial charge in [-0.2, -0.15) is 4.31 Å². The summed E-state index contributed by atoms with van der Waals surface area (Å²) in [7, 11) is -2.39. The summed E-state index contributed by atoms with van der Waals surface area (Å²) in [6.45, 7) is 4.79. The van der Waals surface area contributed by atoms with Crippen LogP contribution in [0.1, 0.15) is 12.5 Å². The van der Waals surface area contributed by atoms with E-state index >= 15 is 0 Å². The van der Waals surface area contributed by atoms with E-state index in [-0.39, 0.29) is 42.0 Å². The van der Waals surface area contributed by atoms with Crippen LogP contribution in [0.4, 0.5) is 0 Å². The van der Waals surface area contributed by atoms with Crippen LogP contribution in [0.3, 0.4) is 0 Å². The molecular weight excluding hydrogens is 426 g/mol. The van der Waals surface area contributed by atoms with Crippen LogP contribution in [0, 0.1) is 0 Å². The third-order valence-electron chi connectivity index (χ3n) is 5.25. The minimum absolute atomic E-state index is 0.0136. The summed E-state index contributed by atoms with van der Waals surface area (Å²) >= 11 is 0. The first-order valence-electron chi connectivity index (χ1n) is 10.2. The van der Waals surface area contributed by atoms with Gasteiger partial charge in [0.2, 0.25) is 21.8 Å². The van der Waals surface area contributed by atoms with Gasteiger partial charge in [0.25, 0.3) is 0 Å². The Morgan fingerprint density at radius 2 is 1.71 bits per heavy atom. The van der Waals surface area contributed by atoms with Crippen LogP contribution >= 0.6 is 0 Å². The molecule has 0 saturated carbocycles. The molecule has 2 aliphatic heterocycles. The maximum absolute atomic E-state index is 13.1. The van der Waals surface area contributed by atoms with Gasteiger partial charge in [0, 0.05) is 26.2 Å². The lowest BCUT2D eigenvalue weighted by Gasteiger charge is -2.29. The maximum Gasteiger partial charge on any atom is 0.246 e. The van der Waals surface area contributed by atoms with Crippen molar-refractivity contribution in [1.29, 1.82) is 0 Å². The second-order valence-electron chi connectivity index (χ2n) is 7.41. The number of benzene rings is 1. The molecular formula is C20H29N3O7S. The smallest absolute Gasteiger partial charge is 0.246 e. The van der Waals surface area contributed by atoms with Crippen molar-refractivity contribution in [1.82, 2.24) is 14.5 Å². The average molecular weight is 456 g/mol. The van der Waals surface area contributed by atoms with Gasteiger partial charge in [-0.3, -0.25) is 9.59 Å². The number of nitrogens with one attached hydrogen (secondary N) is 1. The van der Waals surface area contributed by atoms with Gasteiger partial charge in [-0.05, 0) is 24.6 Å². The molecule has 31 heavy (non-hydrogen) atoms. The van der Waals surface area contributed by atoms with E-state index in [4.69, 9.17) is 14.2 Å². The molecule has 0 spiro atoms. The fourth-order valence-electron chi connectivity index (χ4n) is 3.56. The third-order valence-corrected chi connectivity index (χ3v) is 7.17. The summed E-state index contributed by atoms with van der Waals surface area (Å²) in [4.78, 5) is 26.7. The Morgan fingerprint density at radius 3 is 2.32 bits per heavy atom. The molecule has 1 atom stereocenters. The summed E-state index contributed by atoms with van der Waals surface area (Å²) in [5.74, 6) is -0.317. The quantitative estimate of drug-likeness (QED) is 0.596. The molecule has 0 radical (unpaired) electrons. The van der Waals surface area contributed by atoms with E-state index in [1.165, 1.54) is 23.5 Å². The van der Waals surface area contributed by atoms with E-state index in [9.17, 15) is 18.0 Å². The van der Waals surface area contributed by atoms with Crippen LogP contribution in [0.25, 0.3) is 0 Å². The molecule has 11 heteroatoms. The van der Waals surface area contributed by atoms with E-state index in [1.54, 1.807) is 17.9 Å². The van der Waals surface area contributed by atoms with Crippen molar-refractivity contribution in [2.45, 2.75) is 24.3 Å². The topological polar surface area (TPSA) is 114 Å². The summed E-state index contributed by atoms with van der Waals surface area (Å²) in [5.41, 5.74) is 0.510. The van der Waals surface area contributed by atoms with E-state index in [0.717, 1.165) is 0 Å². The SMILES string of the molecule is COc1ccc(CC(=O)NC(C)C(=O)N2CCOCC2)cc1S(=O)(=O)N1CCOCC1. The van der Waals surface area contributed by atoms with Gasteiger partial charge in [0.05, 0.1) is 40.0 Å². The second-order valence-corrected chi connectivity index (χ2v) is 9.31. The van der Waals surface area contributed by atoms with Crippen LogP contribution in [-0.2, 0) is 35.5 Å². The molecule has 2 fully saturated rings. The third kappa shape index (κ3) is 5.73. The Bertz CT molecular complexity index is 894. The fraction of sp³-hybridized carbons (Fsp3) is 0.600. The molecule has 172 valence electrons. The largest absolute Gasteiger partial charge is 0.495 e. The lowest BCUT2D eigenvalue weighted by Crippen LogP contribution is -2.50. The van der Waals surface area contributed by atoms with Crippen molar-refractivity contribution in [3.05, 3.63) is 23.8 Å². The highest BCUT2D eigenvalue weighted by molar-refractivity contribution is 7.89. The molecule has 0 aromatic heterocycles. The van der Waals surface area contributed by atoms with Crippen molar-refractivity contribution in [3.63, 3.8) is 0 Å². The summed E-state index contributed by atoms with van der Waals surface area (Å²) in [6, 6.07) is 3.96. The minimum atomic E-state index is -3.79. The lowest BCUT2D eigenvalue weighted by atomic mass is 10.1. The van der Waals surface area contributed by atoms with Gasteiger partial charge in [-0.1, -0.05) is 6.07 Å². The number of carbonyl (C=O) groups excluding carboxylic acids is 2. The van der Waals surface area contributed by atoms with Gasteiger partial charge < -0.3 is 24.4 Å². The van der Waals surface area contributed by atoms with Crippen molar-refractivity contribution in [3.8, 4) is 5.75 Å². The van der Waals surface area contributed by atoms with E-state index < -0.39 is 16.1 Å². The molecule has 1 unspecified atom stereocenters. The lowest BCUT2D eigenvalue weighted by molar-refractivity contribution is -0.139.